The molecule has 5 heteroatoms. The summed E-state index contributed by atoms with van der Waals surface area (Å²) in [6, 6.07) is 3.86. The van der Waals surface area contributed by atoms with Crippen LogP contribution in [-0.2, 0) is 0 Å². The van der Waals surface area contributed by atoms with Gasteiger partial charge in [-0.1, -0.05) is 0 Å². The van der Waals surface area contributed by atoms with E-state index in [4.69, 9.17) is 5.26 Å². The zero-order valence-electron chi connectivity index (χ0n) is 7.14. The summed E-state index contributed by atoms with van der Waals surface area (Å²) >= 11 is 1.60. The number of thiophene rings is 1. The van der Waals surface area contributed by atoms with E-state index in [0.29, 0.717) is 11.5 Å². The van der Waals surface area contributed by atoms with E-state index in [1.807, 2.05) is 22.9 Å². The van der Waals surface area contributed by atoms with Gasteiger partial charge in [-0.2, -0.15) is 16.6 Å². The van der Waals surface area contributed by atoms with Crippen LogP contribution in [0.1, 0.15) is 5.69 Å². The normalized spacial score (nSPS) is 9.36. The predicted octanol–water partition coefficient (Wildman–Crippen LogP) is 2.15. The standard InChI is InChI=1S/C9H6N4S/c10-3-8-4-12-9(5-11-8)13-7-1-2-14-6-7/h1-2,4-6H,(H,12,13). The van der Waals surface area contributed by atoms with Gasteiger partial charge in [-0.15, -0.1) is 0 Å². The lowest BCUT2D eigenvalue weighted by atomic mass is 10.5. The van der Waals surface area contributed by atoms with Gasteiger partial charge >= 0.3 is 0 Å². The Balaban J connectivity index is 2.15. The molecule has 0 atom stereocenters. The zero-order valence-corrected chi connectivity index (χ0v) is 7.95. The summed E-state index contributed by atoms with van der Waals surface area (Å²) < 4.78 is 0. The summed E-state index contributed by atoms with van der Waals surface area (Å²) in [4.78, 5) is 7.93. The molecule has 0 radical (unpaired) electrons. The second kappa shape index (κ2) is 3.85. The fraction of sp³-hybridized carbons (Fsp3) is 0. The molecule has 1 N–H and O–H groups in total. The molecule has 0 aromatic carbocycles. The van der Waals surface area contributed by atoms with E-state index in [-0.39, 0.29) is 0 Å². The Bertz CT molecular complexity index is 441. The first-order valence-corrected chi connectivity index (χ1v) is 4.84. The van der Waals surface area contributed by atoms with Crippen molar-refractivity contribution in [2.24, 2.45) is 0 Å². The lowest BCUT2D eigenvalue weighted by Crippen LogP contribution is -1.93. The van der Waals surface area contributed by atoms with E-state index in [0.717, 1.165) is 5.69 Å². The quantitative estimate of drug-likeness (QED) is 0.810. The SMILES string of the molecule is N#Cc1cnc(Nc2ccsc2)cn1. The smallest absolute Gasteiger partial charge is 0.158 e. The van der Waals surface area contributed by atoms with Crippen LogP contribution in [0.5, 0.6) is 0 Å². The fourth-order valence-corrected chi connectivity index (χ4v) is 1.52. The highest BCUT2D eigenvalue weighted by molar-refractivity contribution is 7.08. The van der Waals surface area contributed by atoms with Gasteiger partial charge in [0.2, 0.25) is 0 Å². The summed E-state index contributed by atoms with van der Waals surface area (Å²) in [7, 11) is 0. The van der Waals surface area contributed by atoms with Crippen LogP contribution in [0.4, 0.5) is 11.5 Å². The van der Waals surface area contributed by atoms with Crippen LogP contribution in [0.2, 0.25) is 0 Å². The van der Waals surface area contributed by atoms with Crippen molar-refractivity contribution in [1.82, 2.24) is 9.97 Å². The number of anilines is 2. The Hall–Kier alpha value is -1.93. The third-order valence-electron chi connectivity index (χ3n) is 1.56. The van der Waals surface area contributed by atoms with Crippen molar-refractivity contribution in [3.63, 3.8) is 0 Å². The van der Waals surface area contributed by atoms with Gasteiger partial charge in [0, 0.05) is 5.38 Å². The third kappa shape index (κ3) is 1.87. The second-order valence-corrected chi connectivity index (χ2v) is 3.32. The van der Waals surface area contributed by atoms with Crippen LogP contribution in [0.3, 0.4) is 0 Å². The van der Waals surface area contributed by atoms with Gasteiger partial charge in [-0.05, 0) is 11.4 Å². The van der Waals surface area contributed by atoms with E-state index in [2.05, 4.69) is 15.3 Å². The molecule has 0 aliphatic heterocycles. The van der Waals surface area contributed by atoms with E-state index < -0.39 is 0 Å². The zero-order chi connectivity index (χ0) is 9.80. The Kier molecular flexibility index (Phi) is 2.38. The highest BCUT2D eigenvalue weighted by Crippen LogP contribution is 2.16. The minimum atomic E-state index is 0.320. The average molecular weight is 202 g/mol. The van der Waals surface area contributed by atoms with Crippen LogP contribution in [0, 0.1) is 11.3 Å². The van der Waals surface area contributed by atoms with Gasteiger partial charge in [-0.3, -0.25) is 0 Å². The van der Waals surface area contributed by atoms with E-state index >= 15 is 0 Å². The highest BCUT2D eigenvalue weighted by atomic mass is 32.1. The Labute approximate surface area is 84.9 Å². The van der Waals surface area contributed by atoms with Crippen molar-refractivity contribution in [3.05, 3.63) is 34.9 Å². The number of nitriles is 1. The average Bonchev–Trinajstić information content (AvgIpc) is 2.72. The monoisotopic (exact) mass is 202 g/mol. The maximum absolute atomic E-state index is 8.51. The van der Waals surface area contributed by atoms with Gasteiger partial charge in [0.05, 0.1) is 18.1 Å². The molecule has 2 aromatic rings. The molecule has 0 amide bonds. The van der Waals surface area contributed by atoms with Gasteiger partial charge in [0.1, 0.15) is 11.9 Å². The second-order valence-electron chi connectivity index (χ2n) is 2.54. The van der Waals surface area contributed by atoms with Crippen molar-refractivity contribution in [2.45, 2.75) is 0 Å². The van der Waals surface area contributed by atoms with Crippen molar-refractivity contribution in [1.29, 1.82) is 5.26 Å². The minimum Gasteiger partial charge on any atom is -0.338 e. The molecule has 0 bridgehead atoms. The van der Waals surface area contributed by atoms with E-state index in [9.17, 15) is 0 Å². The molecule has 2 heterocycles. The summed E-state index contributed by atoms with van der Waals surface area (Å²) in [5.74, 6) is 0.641. The Morgan fingerprint density at radius 3 is 2.86 bits per heavy atom. The molecule has 68 valence electrons. The molecule has 4 nitrogen and oxygen atoms in total. The van der Waals surface area contributed by atoms with Crippen LogP contribution in [0.15, 0.2) is 29.2 Å². The summed E-state index contributed by atoms with van der Waals surface area (Å²) in [5.41, 5.74) is 1.30. The molecule has 2 rings (SSSR count). The molecule has 2 aromatic heterocycles. The first-order chi connectivity index (χ1) is 6.88. The Morgan fingerprint density at radius 2 is 2.29 bits per heavy atom. The van der Waals surface area contributed by atoms with Gasteiger partial charge in [-0.25, -0.2) is 9.97 Å². The largest absolute Gasteiger partial charge is 0.338 e. The molecule has 0 aliphatic carbocycles. The highest BCUT2D eigenvalue weighted by Gasteiger charge is 1.97. The van der Waals surface area contributed by atoms with E-state index in [1.165, 1.54) is 12.4 Å². The number of nitrogens with one attached hydrogen (secondary N) is 1. The minimum absolute atomic E-state index is 0.320. The number of hydrogen-bond donors (Lipinski definition) is 1. The molecule has 0 saturated carbocycles. The van der Waals surface area contributed by atoms with Gasteiger partial charge in [0.15, 0.2) is 5.69 Å². The number of nitrogens with zero attached hydrogens (tertiary/aromatic N) is 3. The van der Waals surface area contributed by atoms with Gasteiger partial charge in [0.25, 0.3) is 0 Å². The van der Waals surface area contributed by atoms with Crippen molar-refractivity contribution in [2.75, 3.05) is 5.32 Å². The summed E-state index contributed by atoms with van der Waals surface area (Å²) in [6.07, 6.45) is 2.98. The molecule has 0 aliphatic rings. The Morgan fingerprint density at radius 1 is 1.36 bits per heavy atom. The molecule has 0 unspecified atom stereocenters. The first kappa shape index (κ1) is 8.66. The van der Waals surface area contributed by atoms with Crippen LogP contribution in [-0.4, -0.2) is 9.97 Å². The molecule has 0 spiro atoms. The maximum atomic E-state index is 8.51. The van der Waals surface area contributed by atoms with E-state index in [1.54, 1.807) is 11.3 Å². The molecular weight excluding hydrogens is 196 g/mol. The van der Waals surface area contributed by atoms with Crippen LogP contribution >= 0.6 is 11.3 Å². The van der Waals surface area contributed by atoms with Gasteiger partial charge < -0.3 is 5.32 Å². The predicted molar refractivity (Wildman–Crippen MR) is 54.3 cm³/mol. The van der Waals surface area contributed by atoms with Crippen molar-refractivity contribution >= 4 is 22.8 Å². The van der Waals surface area contributed by atoms with Crippen LogP contribution in [0.25, 0.3) is 0 Å². The number of aromatic nitrogens is 2. The molecular formula is C9H6N4S. The first-order valence-electron chi connectivity index (χ1n) is 3.90. The lowest BCUT2D eigenvalue weighted by Gasteiger charge is -2.00. The lowest BCUT2D eigenvalue weighted by molar-refractivity contribution is 1.16. The topological polar surface area (TPSA) is 61.6 Å². The summed E-state index contributed by atoms with van der Waals surface area (Å²) in [5, 5.41) is 15.5. The molecule has 0 fully saturated rings. The molecule has 14 heavy (non-hydrogen) atoms. The third-order valence-corrected chi connectivity index (χ3v) is 2.24. The summed E-state index contributed by atoms with van der Waals surface area (Å²) in [6.45, 7) is 0. The fourth-order valence-electron chi connectivity index (χ4n) is 0.934. The van der Waals surface area contributed by atoms with Crippen molar-refractivity contribution in [3.8, 4) is 6.07 Å². The van der Waals surface area contributed by atoms with Crippen LogP contribution < -0.4 is 5.32 Å². The molecule has 0 saturated heterocycles. The van der Waals surface area contributed by atoms with Crippen molar-refractivity contribution < 1.29 is 0 Å². The number of rotatable bonds is 2. The maximum Gasteiger partial charge on any atom is 0.158 e. The number of hydrogen-bond acceptors (Lipinski definition) is 5.